The van der Waals surface area contributed by atoms with Crippen LogP contribution in [0.25, 0.3) is 0 Å². The van der Waals surface area contributed by atoms with Gasteiger partial charge >= 0.3 is 0 Å². The Labute approximate surface area is 135 Å². The van der Waals surface area contributed by atoms with Gasteiger partial charge in [0.25, 0.3) is 0 Å². The second kappa shape index (κ2) is 7.31. The number of rotatable bonds is 4. The molecule has 126 valence electrons. The number of amides is 1. The summed E-state index contributed by atoms with van der Waals surface area (Å²) in [4.78, 5) is 17.3. The van der Waals surface area contributed by atoms with E-state index in [-0.39, 0.29) is 0 Å². The topological polar surface area (TPSA) is 35.6 Å². The third-order valence-electron chi connectivity index (χ3n) is 5.94. The monoisotopic (exact) mass is 307 g/mol. The van der Waals surface area contributed by atoms with E-state index < -0.39 is 0 Å². The normalized spacial score (nSPS) is 31.6. The Morgan fingerprint density at radius 2 is 1.95 bits per heavy atom. The maximum Gasteiger partial charge on any atom is 0.222 e. The Balaban J connectivity index is 1.45. The number of hydrogen-bond acceptors (Lipinski definition) is 3. The highest BCUT2D eigenvalue weighted by Gasteiger charge is 2.31. The van der Waals surface area contributed by atoms with Crippen molar-refractivity contribution in [3.8, 4) is 0 Å². The number of carbonyl (C=O) groups excluding carboxylic acids is 1. The summed E-state index contributed by atoms with van der Waals surface area (Å²) in [7, 11) is 0. The van der Waals surface area contributed by atoms with Crippen LogP contribution in [0.5, 0.6) is 0 Å². The van der Waals surface area contributed by atoms with E-state index in [9.17, 15) is 4.79 Å². The molecule has 0 spiro atoms. The van der Waals surface area contributed by atoms with Crippen LogP contribution in [0.1, 0.15) is 51.9 Å². The van der Waals surface area contributed by atoms with Gasteiger partial charge in [-0.1, -0.05) is 19.8 Å². The van der Waals surface area contributed by atoms with E-state index in [4.69, 9.17) is 0 Å². The molecule has 0 aromatic rings. The first-order chi connectivity index (χ1) is 10.6. The summed E-state index contributed by atoms with van der Waals surface area (Å²) in [5, 5.41) is 3.49. The minimum absolute atomic E-state index is 0.419. The quantitative estimate of drug-likeness (QED) is 0.864. The second-order valence-corrected chi connectivity index (χ2v) is 8.10. The van der Waals surface area contributed by atoms with Crippen molar-refractivity contribution < 1.29 is 4.79 Å². The van der Waals surface area contributed by atoms with E-state index in [1.54, 1.807) is 0 Å². The molecule has 0 radical (unpaired) electrons. The molecule has 1 N–H and O–H groups in total. The zero-order chi connectivity index (χ0) is 15.4. The summed E-state index contributed by atoms with van der Waals surface area (Å²) in [6, 6.07) is 0. The van der Waals surface area contributed by atoms with Crippen LogP contribution in [0, 0.1) is 11.3 Å². The molecule has 1 saturated carbocycles. The number of hydrogen-bond donors (Lipinski definition) is 1. The van der Waals surface area contributed by atoms with E-state index in [2.05, 4.69) is 22.0 Å². The van der Waals surface area contributed by atoms with Crippen molar-refractivity contribution in [3.63, 3.8) is 0 Å². The highest BCUT2D eigenvalue weighted by molar-refractivity contribution is 5.76. The molecule has 1 aliphatic carbocycles. The van der Waals surface area contributed by atoms with E-state index in [0.717, 1.165) is 52.1 Å². The van der Waals surface area contributed by atoms with Crippen LogP contribution < -0.4 is 5.32 Å². The van der Waals surface area contributed by atoms with Gasteiger partial charge in [-0.2, -0.15) is 0 Å². The Morgan fingerprint density at radius 1 is 1.14 bits per heavy atom. The van der Waals surface area contributed by atoms with Gasteiger partial charge in [0.2, 0.25) is 5.91 Å². The van der Waals surface area contributed by atoms with Crippen LogP contribution >= 0.6 is 0 Å². The van der Waals surface area contributed by atoms with Crippen molar-refractivity contribution in [1.29, 1.82) is 0 Å². The molecule has 22 heavy (non-hydrogen) atoms. The Kier molecular flexibility index (Phi) is 5.40. The fourth-order valence-electron chi connectivity index (χ4n) is 4.51. The van der Waals surface area contributed by atoms with Crippen LogP contribution in [0.3, 0.4) is 0 Å². The van der Waals surface area contributed by atoms with Crippen molar-refractivity contribution in [2.24, 2.45) is 11.3 Å². The highest BCUT2D eigenvalue weighted by atomic mass is 16.2. The molecule has 3 fully saturated rings. The van der Waals surface area contributed by atoms with E-state index in [0.29, 0.717) is 17.2 Å². The molecule has 1 atom stereocenters. The first-order valence-corrected chi connectivity index (χ1v) is 9.35. The van der Waals surface area contributed by atoms with Gasteiger partial charge in [-0.3, -0.25) is 4.79 Å². The van der Waals surface area contributed by atoms with Crippen LogP contribution in [0.2, 0.25) is 0 Å². The molecule has 2 heterocycles. The van der Waals surface area contributed by atoms with E-state index >= 15 is 0 Å². The van der Waals surface area contributed by atoms with Gasteiger partial charge in [-0.15, -0.1) is 0 Å². The lowest BCUT2D eigenvalue weighted by Gasteiger charge is -2.31. The molecular formula is C18H33N3O. The molecule has 4 nitrogen and oxygen atoms in total. The highest BCUT2D eigenvalue weighted by Crippen LogP contribution is 2.29. The molecule has 2 saturated heterocycles. The first-order valence-electron chi connectivity index (χ1n) is 9.35. The van der Waals surface area contributed by atoms with Gasteiger partial charge in [0.1, 0.15) is 0 Å². The Hall–Kier alpha value is -0.610. The summed E-state index contributed by atoms with van der Waals surface area (Å²) in [6.45, 7) is 10.0. The van der Waals surface area contributed by atoms with Gasteiger partial charge in [-0.25, -0.2) is 0 Å². The summed E-state index contributed by atoms with van der Waals surface area (Å²) >= 11 is 0. The molecular weight excluding hydrogens is 274 g/mol. The first kappa shape index (κ1) is 16.3. The SMILES string of the molecule is CC1(CN2CCCN(C(=O)CC3CCCC3)CC2)CCNC1. The smallest absolute Gasteiger partial charge is 0.222 e. The standard InChI is InChI=1S/C18H33N3O/c1-18(7-8-19-14-18)15-20-9-4-10-21(12-11-20)17(22)13-16-5-2-3-6-16/h16,19H,2-15H2,1H3. The van der Waals surface area contributed by atoms with Crippen LogP contribution in [0.15, 0.2) is 0 Å². The van der Waals surface area contributed by atoms with Gasteiger partial charge in [0.15, 0.2) is 0 Å². The Bertz CT molecular complexity index is 373. The molecule has 2 aliphatic heterocycles. The summed E-state index contributed by atoms with van der Waals surface area (Å²) in [5.41, 5.74) is 0.434. The Morgan fingerprint density at radius 3 is 2.68 bits per heavy atom. The van der Waals surface area contributed by atoms with Crippen LogP contribution in [-0.4, -0.2) is 61.5 Å². The summed E-state index contributed by atoms with van der Waals surface area (Å²) in [5.74, 6) is 1.10. The van der Waals surface area contributed by atoms with E-state index in [1.165, 1.54) is 38.6 Å². The van der Waals surface area contributed by atoms with Crippen LogP contribution in [0.4, 0.5) is 0 Å². The molecule has 0 bridgehead atoms. The lowest BCUT2D eigenvalue weighted by Crippen LogP contribution is -2.40. The van der Waals surface area contributed by atoms with Crippen molar-refractivity contribution in [2.75, 3.05) is 45.8 Å². The fourth-order valence-corrected chi connectivity index (χ4v) is 4.51. The lowest BCUT2D eigenvalue weighted by molar-refractivity contribution is -0.132. The molecule has 1 unspecified atom stereocenters. The summed E-state index contributed by atoms with van der Waals surface area (Å²) in [6.07, 6.45) is 8.44. The van der Waals surface area contributed by atoms with Gasteiger partial charge in [-0.05, 0) is 50.1 Å². The number of nitrogens with zero attached hydrogens (tertiary/aromatic N) is 2. The molecule has 4 heteroatoms. The molecule has 3 rings (SSSR count). The van der Waals surface area contributed by atoms with Crippen LogP contribution in [-0.2, 0) is 4.79 Å². The maximum atomic E-state index is 12.5. The largest absolute Gasteiger partial charge is 0.341 e. The minimum atomic E-state index is 0.419. The fraction of sp³-hybridized carbons (Fsp3) is 0.944. The lowest BCUT2D eigenvalue weighted by atomic mass is 9.89. The average molecular weight is 307 g/mol. The van der Waals surface area contributed by atoms with Gasteiger partial charge in [0.05, 0.1) is 0 Å². The minimum Gasteiger partial charge on any atom is -0.341 e. The molecule has 1 amide bonds. The zero-order valence-electron chi connectivity index (χ0n) is 14.3. The third kappa shape index (κ3) is 4.23. The molecule has 0 aromatic carbocycles. The van der Waals surface area contributed by atoms with Gasteiger partial charge in [0, 0.05) is 39.1 Å². The van der Waals surface area contributed by atoms with E-state index in [1.807, 2.05) is 0 Å². The van der Waals surface area contributed by atoms with Gasteiger partial charge < -0.3 is 15.1 Å². The predicted molar refractivity (Wildman–Crippen MR) is 89.8 cm³/mol. The average Bonchev–Trinajstić information content (AvgIpc) is 3.08. The molecule has 0 aromatic heterocycles. The zero-order valence-corrected chi connectivity index (χ0v) is 14.3. The van der Waals surface area contributed by atoms with Crippen molar-refractivity contribution in [3.05, 3.63) is 0 Å². The van der Waals surface area contributed by atoms with Crippen molar-refractivity contribution in [2.45, 2.75) is 51.9 Å². The number of carbonyl (C=O) groups is 1. The molecule has 3 aliphatic rings. The van der Waals surface area contributed by atoms with Crippen molar-refractivity contribution in [1.82, 2.24) is 15.1 Å². The van der Waals surface area contributed by atoms with Crippen molar-refractivity contribution >= 4 is 5.91 Å². The number of nitrogens with one attached hydrogen (secondary N) is 1. The summed E-state index contributed by atoms with van der Waals surface area (Å²) < 4.78 is 0. The maximum absolute atomic E-state index is 12.5. The predicted octanol–water partition coefficient (Wildman–Crippen LogP) is 2.10. The second-order valence-electron chi connectivity index (χ2n) is 8.10. The third-order valence-corrected chi connectivity index (χ3v) is 5.94.